The van der Waals surface area contributed by atoms with Crippen molar-refractivity contribution in [3.05, 3.63) is 72.3 Å². The van der Waals surface area contributed by atoms with Gasteiger partial charge in [-0.1, -0.05) is 50.6 Å². The number of hydrogen-bond donors (Lipinski definition) is 1. The fourth-order valence-electron chi connectivity index (χ4n) is 2.54. The van der Waals surface area contributed by atoms with Crippen LogP contribution in [0.1, 0.15) is 37.8 Å². The average Bonchev–Trinajstić information content (AvgIpc) is 3.36. The van der Waals surface area contributed by atoms with Crippen molar-refractivity contribution in [2.24, 2.45) is 0 Å². The van der Waals surface area contributed by atoms with Gasteiger partial charge in [-0.3, -0.25) is 0 Å². The summed E-state index contributed by atoms with van der Waals surface area (Å²) in [6, 6.07) is 12.4. The van der Waals surface area contributed by atoms with Crippen LogP contribution < -0.4 is 0 Å². The van der Waals surface area contributed by atoms with Crippen LogP contribution in [0.4, 0.5) is 13.2 Å². The minimum Gasteiger partial charge on any atom is -0.741 e. The van der Waals surface area contributed by atoms with Gasteiger partial charge in [-0.05, 0) is 42.9 Å². The normalized spacial score (nSPS) is 11.1. The van der Waals surface area contributed by atoms with Crippen LogP contribution in [0.2, 0.25) is 0 Å². The molecule has 33 heavy (non-hydrogen) atoms. The number of alkyl halides is 3. The fraction of sp³-hybridized carbons (Fsp3) is 0.316. The molecule has 1 aromatic carbocycles. The molecule has 0 saturated heterocycles. The molecule has 0 unspecified atom stereocenters. The van der Waals surface area contributed by atoms with Crippen molar-refractivity contribution >= 4 is 22.7 Å². The first-order chi connectivity index (χ1) is 14.7. The molecule has 0 bridgehead atoms. The molecule has 0 aliphatic rings. The van der Waals surface area contributed by atoms with Gasteiger partial charge < -0.3 is 19.1 Å². The number of nitrogens with one attached hydrogen (secondary N) is 1. The Morgan fingerprint density at radius 2 is 1.45 bits per heavy atom. The van der Waals surface area contributed by atoms with Gasteiger partial charge in [0.15, 0.2) is 10.1 Å². The van der Waals surface area contributed by atoms with Crippen LogP contribution in [0.25, 0.3) is 0 Å². The summed E-state index contributed by atoms with van der Waals surface area (Å²) in [5, 5.41) is 16.0. The zero-order chi connectivity index (χ0) is 24.5. The van der Waals surface area contributed by atoms with E-state index in [1.807, 2.05) is 24.5 Å². The summed E-state index contributed by atoms with van der Waals surface area (Å²) in [7, 11) is -6.09. The molecule has 0 fully saturated rings. The van der Waals surface area contributed by atoms with Gasteiger partial charge in [-0.15, -0.1) is 5.61 Å². The maximum Gasteiger partial charge on any atom is 2.00 e. The first-order valence-electron chi connectivity index (χ1n) is 9.54. The summed E-state index contributed by atoms with van der Waals surface area (Å²) in [6.45, 7) is 7.18. The molecule has 14 heteroatoms. The molecule has 2 heterocycles. The predicted molar refractivity (Wildman–Crippen MR) is 117 cm³/mol. The quantitative estimate of drug-likeness (QED) is 0.223. The Bertz CT molecular complexity index is 1030. The van der Waals surface area contributed by atoms with Crippen molar-refractivity contribution in [1.29, 1.82) is 5.41 Å². The van der Waals surface area contributed by atoms with Gasteiger partial charge in [0.2, 0.25) is 0 Å². The Morgan fingerprint density at radius 3 is 1.70 bits per heavy atom. The Kier molecular flexibility index (Phi) is 12.5. The number of aromatic nitrogens is 4. The molecule has 2 aromatic heterocycles. The van der Waals surface area contributed by atoms with E-state index in [4.69, 9.17) is 18.4 Å². The van der Waals surface area contributed by atoms with Gasteiger partial charge in [0.1, 0.15) is 0 Å². The Labute approximate surface area is 204 Å². The third kappa shape index (κ3) is 10.4. The van der Waals surface area contributed by atoms with E-state index in [0.717, 1.165) is 0 Å². The van der Waals surface area contributed by atoms with Crippen LogP contribution in [0.15, 0.2) is 61.2 Å². The molecule has 0 aliphatic carbocycles. The third-order valence-corrected chi connectivity index (χ3v) is 4.80. The molecule has 0 amide bonds. The van der Waals surface area contributed by atoms with Gasteiger partial charge in [-0.2, -0.15) is 13.2 Å². The Morgan fingerprint density at radius 1 is 1.06 bits per heavy atom. The summed E-state index contributed by atoms with van der Waals surface area (Å²) in [4.78, 5) is 0. The molecule has 8 nitrogen and oxygen atoms in total. The molecule has 182 valence electrons. The molecule has 1 N–H and O–H groups in total. The summed E-state index contributed by atoms with van der Waals surface area (Å²) in [5.74, 6) is 0.653. The largest absolute Gasteiger partial charge is 2.00 e. The maximum atomic E-state index is 10.7. The van der Waals surface area contributed by atoms with Gasteiger partial charge >= 0.3 is 25.0 Å². The van der Waals surface area contributed by atoms with Gasteiger partial charge in [0, 0.05) is 12.4 Å². The van der Waals surface area contributed by atoms with E-state index in [2.05, 4.69) is 55.2 Å². The minimum absolute atomic E-state index is 0. The van der Waals surface area contributed by atoms with Crippen molar-refractivity contribution in [2.45, 2.75) is 39.1 Å². The van der Waals surface area contributed by atoms with E-state index in [1.165, 1.54) is 11.1 Å². The van der Waals surface area contributed by atoms with Gasteiger partial charge in [0.05, 0.1) is 0 Å². The number of nitrogens with zero attached hydrogens (tertiary/aromatic N) is 4. The topological polar surface area (TPSA) is 117 Å². The first kappa shape index (κ1) is 30.7. The van der Waals surface area contributed by atoms with Crippen LogP contribution in [0.5, 0.6) is 0 Å². The standard InChI is InChI=1S/C10H14.C8H11BN5.CHF3O3S.Ru/c1-8(2)10-6-4-9(3)5-7-10;1-8(10)9(13-6-2-4-11-13)14-7-3-5-12-14;2-1(3,4)8(5,6)7;/h4-8H,1-3H3;2-7,9-10H,1H3;(H,5,6,7);/q;-1;;+2/p-1. The number of benzene rings is 1. The summed E-state index contributed by atoms with van der Waals surface area (Å²) < 4.78 is 62.5. The molecule has 0 radical (unpaired) electrons. The van der Waals surface area contributed by atoms with E-state index in [0.29, 0.717) is 11.5 Å². The van der Waals surface area contributed by atoms with E-state index < -0.39 is 22.6 Å². The zero-order valence-corrected chi connectivity index (χ0v) is 21.0. The molecule has 0 saturated carbocycles. The monoisotopic (exact) mass is 573 g/mol. The molecule has 0 spiro atoms. The van der Waals surface area contributed by atoms with Crippen molar-refractivity contribution in [3.8, 4) is 0 Å². The van der Waals surface area contributed by atoms with Gasteiger partial charge in [0.25, 0.3) is 6.98 Å². The van der Waals surface area contributed by atoms with Crippen LogP contribution in [0.3, 0.4) is 0 Å². The van der Waals surface area contributed by atoms with Gasteiger partial charge in [-0.25, -0.2) is 18.6 Å². The molecule has 3 aromatic rings. The predicted octanol–water partition coefficient (Wildman–Crippen LogP) is 3.44. The van der Waals surface area contributed by atoms with E-state index in [9.17, 15) is 13.2 Å². The molecular formula is C19H25BF3N5O3RuS. The fourth-order valence-corrected chi connectivity index (χ4v) is 2.54. The second kappa shape index (κ2) is 13.4. The molecular weight excluding hydrogens is 547 g/mol. The summed E-state index contributed by atoms with van der Waals surface area (Å²) >= 11 is 0. The zero-order valence-electron chi connectivity index (χ0n) is 18.5. The molecule has 0 atom stereocenters. The van der Waals surface area contributed by atoms with Crippen molar-refractivity contribution in [3.63, 3.8) is 0 Å². The summed E-state index contributed by atoms with van der Waals surface area (Å²) in [5.41, 5.74) is -2.31. The second-order valence-corrected chi connectivity index (χ2v) is 8.67. The third-order valence-electron chi connectivity index (χ3n) is 4.23. The SMILES string of the molecule is CC(=N)[BH-](n1cccn1)n1cccn1.Cc1ccc(C(C)C)cc1.O=S(=O)([O-])C(F)(F)F.[Ru+2]. The number of aryl methyl sites for hydroxylation is 1. The summed E-state index contributed by atoms with van der Waals surface area (Å²) in [6.07, 6.45) is 7.15. The van der Waals surface area contributed by atoms with Crippen molar-refractivity contribution < 1.29 is 45.6 Å². The van der Waals surface area contributed by atoms with E-state index >= 15 is 0 Å². The average molecular weight is 572 g/mol. The molecule has 0 aliphatic heterocycles. The molecule has 3 rings (SSSR count). The first-order valence-corrected chi connectivity index (χ1v) is 10.9. The second-order valence-electron chi connectivity index (χ2n) is 7.29. The Hall–Kier alpha value is -2.30. The van der Waals surface area contributed by atoms with Crippen molar-refractivity contribution in [2.75, 3.05) is 0 Å². The van der Waals surface area contributed by atoms with Crippen LogP contribution in [0, 0.1) is 12.3 Å². The van der Waals surface area contributed by atoms with E-state index in [-0.39, 0.29) is 19.5 Å². The van der Waals surface area contributed by atoms with Crippen LogP contribution >= 0.6 is 0 Å². The number of hydrogen-bond acceptors (Lipinski definition) is 6. The minimum atomic E-state index is -6.09. The van der Waals surface area contributed by atoms with E-state index in [1.54, 1.807) is 28.5 Å². The van der Waals surface area contributed by atoms with Crippen molar-refractivity contribution in [1.82, 2.24) is 19.4 Å². The van der Waals surface area contributed by atoms with Crippen LogP contribution in [-0.2, 0) is 29.6 Å². The van der Waals surface area contributed by atoms with Crippen LogP contribution in [-0.4, -0.2) is 50.5 Å². The smallest absolute Gasteiger partial charge is 0.741 e. The maximum absolute atomic E-state index is 10.7. The number of rotatable bonds is 4. The number of halogens is 3. The Balaban J connectivity index is 0.000000481.